The van der Waals surface area contributed by atoms with Gasteiger partial charge in [-0.05, 0) is 19.3 Å². The van der Waals surface area contributed by atoms with E-state index >= 15 is 0 Å². The number of aromatic nitrogens is 4. The maximum Gasteiger partial charge on any atom is 0.179 e. The maximum atomic E-state index is 5.89. The van der Waals surface area contributed by atoms with Crippen LogP contribution in [0, 0.1) is 0 Å². The quantitative estimate of drug-likeness (QED) is 0.722. The van der Waals surface area contributed by atoms with Gasteiger partial charge in [-0.15, -0.1) is 5.10 Å². The number of hydrogen-bond acceptors (Lipinski definition) is 3. The Morgan fingerprint density at radius 2 is 2.29 bits per heavy atom. The molecule has 0 atom stereocenters. The maximum absolute atomic E-state index is 5.89. The lowest BCUT2D eigenvalue weighted by atomic mass is 9.93. The molecule has 0 radical (unpaired) electrons. The van der Waals surface area contributed by atoms with Crippen molar-refractivity contribution in [2.75, 3.05) is 0 Å². The average molecular weight is 209 g/mol. The molecular formula is C9H9ClN4. The molecule has 0 amide bonds. The van der Waals surface area contributed by atoms with Gasteiger partial charge in [-0.25, -0.2) is 4.98 Å². The van der Waals surface area contributed by atoms with Gasteiger partial charge in [-0.3, -0.25) is 0 Å². The Hall–Kier alpha value is -1.16. The predicted octanol–water partition coefficient (Wildman–Crippen LogP) is 2.20. The van der Waals surface area contributed by atoms with E-state index in [1.54, 1.807) is 6.20 Å². The third-order valence-electron chi connectivity index (χ3n) is 2.82. The molecule has 1 aliphatic carbocycles. The number of imidazole rings is 1. The van der Waals surface area contributed by atoms with Gasteiger partial charge in [0.05, 0.1) is 18.0 Å². The summed E-state index contributed by atoms with van der Waals surface area (Å²) in [7, 11) is 0. The summed E-state index contributed by atoms with van der Waals surface area (Å²) in [6, 6.07) is 0.584. The molecule has 0 bridgehead atoms. The van der Waals surface area contributed by atoms with Crippen molar-refractivity contribution in [1.29, 1.82) is 0 Å². The van der Waals surface area contributed by atoms with Gasteiger partial charge in [0.15, 0.2) is 5.15 Å². The second-order valence-electron chi connectivity index (χ2n) is 3.61. The number of fused-ring (bicyclic) bond motifs is 1. The Kier molecular flexibility index (Phi) is 1.70. The van der Waals surface area contributed by atoms with Crippen molar-refractivity contribution in [1.82, 2.24) is 19.7 Å². The van der Waals surface area contributed by atoms with Crippen molar-refractivity contribution in [3.05, 3.63) is 17.7 Å². The van der Waals surface area contributed by atoms with Crippen LogP contribution >= 0.6 is 11.6 Å². The molecule has 2 aromatic rings. The standard InChI is InChI=1S/C9H9ClN4/c10-9-8-7(4-12-13-9)14(5-11-8)6-2-1-3-6/h4-6H,1-3H2. The summed E-state index contributed by atoms with van der Waals surface area (Å²) < 4.78 is 2.15. The Morgan fingerprint density at radius 1 is 1.43 bits per heavy atom. The van der Waals surface area contributed by atoms with Crippen LogP contribution in [-0.4, -0.2) is 19.7 Å². The molecule has 1 aliphatic rings. The van der Waals surface area contributed by atoms with E-state index in [0.717, 1.165) is 11.0 Å². The normalized spacial score (nSPS) is 17.2. The number of hydrogen-bond donors (Lipinski definition) is 0. The molecule has 0 aromatic carbocycles. The largest absolute Gasteiger partial charge is 0.326 e. The zero-order valence-corrected chi connectivity index (χ0v) is 8.28. The predicted molar refractivity (Wildman–Crippen MR) is 53.2 cm³/mol. The van der Waals surface area contributed by atoms with Gasteiger partial charge in [-0.1, -0.05) is 11.6 Å². The molecule has 4 nitrogen and oxygen atoms in total. The molecule has 0 spiro atoms. The molecular weight excluding hydrogens is 200 g/mol. The minimum atomic E-state index is 0.389. The number of rotatable bonds is 1. The minimum Gasteiger partial charge on any atom is -0.326 e. The molecule has 5 heteroatoms. The summed E-state index contributed by atoms with van der Waals surface area (Å²) in [4.78, 5) is 4.25. The molecule has 0 unspecified atom stereocenters. The van der Waals surface area contributed by atoms with Gasteiger partial charge < -0.3 is 4.57 Å². The first-order valence-electron chi connectivity index (χ1n) is 4.70. The van der Waals surface area contributed by atoms with Crippen LogP contribution in [0.25, 0.3) is 11.0 Å². The highest BCUT2D eigenvalue weighted by Gasteiger charge is 2.21. The van der Waals surface area contributed by atoms with E-state index in [-0.39, 0.29) is 0 Å². The Labute approximate surface area is 85.9 Å². The summed E-state index contributed by atoms with van der Waals surface area (Å²) in [6.45, 7) is 0. The van der Waals surface area contributed by atoms with Gasteiger partial charge in [0.2, 0.25) is 0 Å². The Morgan fingerprint density at radius 3 is 3.00 bits per heavy atom. The summed E-state index contributed by atoms with van der Waals surface area (Å²) >= 11 is 5.89. The fraction of sp³-hybridized carbons (Fsp3) is 0.444. The van der Waals surface area contributed by atoms with E-state index in [2.05, 4.69) is 19.7 Å². The van der Waals surface area contributed by atoms with E-state index in [0.29, 0.717) is 11.2 Å². The second-order valence-corrected chi connectivity index (χ2v) is 3.96. The molecule has 2 aromatic heterocycles. The van der Waals surface area contributed by atoms with Crippen LogP contribution in [0.15, 0.2) is 12.5 Å². The first-order chi connectivity index (χ1) is 6.86. The van der Waals surface area contributed by atoms with E-state index in [1.807, 2.05) is 6.33 Å². The lowest BCUT2D eigenvalue weighted by Gasteiger charge is -2.27. The molecule has 72 valence electrons. The average Bonchev–Trinajstić information content (AvgIpc) is 2.48. The van der Waals surface area contributed by atoms with Gasteiger partial charge in [-0.2, -0.15) is 5.10 Å². The first kappa shape index (κ1) is 8.17. The zero-order chi connectivity index (χ0) is 9.54. The van der Waals surface area contributed by atoms with Crippen LogP contribution < -0.4 is 0 Å². The third kappa shape index (κ3) is 1.04. The van der Waals surface area contributed by atoms with Crippen molar-refractivity contribution in [3.63, 3.8) is 0 Å². The Balaban J connectivity index is 2.20. The van der Waals surface area contributed by atoms with Crippen LogP contribution in [0.5, 0.6) is 0 Å². The van der Waals surface area contributed by atoms with Crippen molar-refractivity contribution < 1.29 is 0 Å². The van der Waals surface area contributed by atoms with Crippen molar-refractivity contribution in [3.8, 4) is 0 Å². The van der Waals surface area contributed by atoms with E-state index in [9.17, 15) is 0 Å². The van der Waals surface area contributed by atoms with Gasteiger partial charge in [0, 0.05) is 6.04 Å². The number of halogens is 1. The minimum absolute atomic E-state index is 0.389. The van der Waals surface area contributed by atoms with E-state index in [4.69, 9.17) is 11.6 Å². The fourth-order valence-electron chi connectivity index (χ4n) is 1.79. The highest BCUT2D eigenvalue weighted by Crippen LogP contribution is 2.34. The molecule has 1 saturated carbocycles. The lowest BCUT2D eigenvalue weighted by Crippen LogP contribution is -2.15. The summed E-state index contributed by atoms with van der Waals surface area (Å²) in [5, 5.41) is 8.00. The third-order valence-corrected chi connectivity index (χ3v) is 3.08. The summed E-state index contributed by atoms with van der Waals surface area (Å²) in [5.74, 6) is 0. The highest BCUT2D eigenvalue weighted by atomic mass is 35.5. The van der Waals surface area contributed by atoms with Gasteiger partial charge in [0.25, 0.3) is 0 Å². The molecule has 1 fully saturated rings. The number of nitrogens with zero attached hydrogens (tertiary/aromatic N) is 4. The molecule has 0 aliphatic heterocycles. The topological polar surface area (TPSA) is 43.6 Å². The smallest absolute Gasteiger partial charge is 0.179 e. The zero-order valence-electron chi connectivity index (χ0n) is 7.52. The van der Waals surface area contributed by atoms with Crippen LogP contribution in [0.3, 0.4) is 0 Å². The molecule has 0 N–H and O–H groups in total. The SMILES string of the molecule is Clc1nncc2c1ncn2C1CCC1. The van der Waals surface area contributed by atoms with Crippen molar-refractivity contribution in [2.45, 2.75) is 25.3 Å². The fourth-order valence-corrected chi connectivity index (χ4v) is 1.98. The second kappa shape index (κ2) is 2.92. The molecule has 2 heterocycles. The van der Waals surface area contributed by atoms with Gasteiger partial charge in [0.1, 0.15) is 5.52 Å². The van der Waals surface area contributed by atoms with Crippen LogP contribution in [0.2, 0.25) is 5.15 Å². The van der Waals surface area contributed by atoms with Crippen LogP contribution in [0.4, 0.5) is 0 Å². The van der Waals surface area contributed by atoms with Crippen molar-refractivity contribution in [2.24, 2.45) is 0 Å². The van der Waals surface area contributed by atoms with Gasteiger partial charge >= 0.3 is 0 Å². The summed E-state index contributed by atoms with van der Waals surface area (Å²) in [5.41, 5.74) is 1.75. The monoisotopic (exact) mass is 208 g/mol. The lowest BCUT2D eigenvalue weighted by molar-refractivity contribution is 0.320. The van der Waals surface area contributed by atoms with Crippen LogP contribution in [-0.2, 0) is 0 Å². The molecule has 14 heavy (non-hydrogen) atoms. The first-order valence-corrected chi connectivity index (χ1v) is 5.08. The van der Waals surface area contributed by atoms with E-state index < -0.39 is 0 Å². The Bertz CT molecular complexity index is 475. The van der Waals surface area contributed by atoms with E-state index in [1.165, 1.54) is 19.3 Å². The van der Waals surface area contributed by atoms with Crippen molar-refractivity contribution >= 4 is 22.6 Å². The van der Waals surface area contributed by atoms with Crippen LogP contribution in [0.1, 0.15) is 25.3 Å². The molecule has 3 rings (SSSR count). The molecule has 0 saturated heterocycles. The summed E-state index contributed by atoms with van der Waals surface area (Å²) in [6.07, 6.45) is 7.32. The highest BCUT2D eigenvalue weighted by molar-refractivity contribution is 6.33.